The number of hydrogen-bond acceptors (Lipinski definition) is 3. The van der Waals surface area contributed by atoms with Crippen molar-refractivity contribution in [3.63, 3.8) is 0 Å². The van der Waals surface area contributed by atoms with Crippen LogP contribution < -0.4 is 5.73 Å². The Kier molecular flexibility index (Phi) is 1.69. The van der Waals surface area contributed by atoms with Gasteiger partial charge in [0.2, 0.25) is 0 Å². The Hall–Kier alpha value is -0.610. The SMILES string of the molecule is CN1CCC2(C1)CC2(CN)C(=O)O. The van der Waals surface area contributed by atoms with Gasteiger partial charge in [-0.25, -0.2) is 0 Å². The number of nitrogens with zero attached hydrogens (tertiary/aromatic N) is 1. The van der Waals surface area contributed by atoms with Crippen molar-refractivity contribution in [2.45, 2.75) is 12.8 Å². The topological polar surface area (TPSA) is 66.6 Å². The van der Waals surface area contributed by atoms with E-state index in [4.69, 9.17) is 10.8 Å². The summed E-state index contributed by atoms with van der Waals surface area (Å²) < 4.78 is 0. The second kappa shape index (κ2) is 2.45. The lowest BCUT2D eigenvalue weighted by atomic mass is 9.92. The molecule has 0 aromatic rings. The molecule has 13 heavy (non-hydrogen) atoms. The first-order valence-electron chi connectivity index (χ1n) is 4.68. The fourth-order valence-corrected chi connectivity index (χ4v) is 2.83. The van der Waals surface area contributed by atoms with Crippen LogP contribution in [0.3, 0.4) is 0 Å². The molecular formula is C9H16N2O2. The minimum absolute atomic E-state index is 0.00231. The van der Waals surface area contributed by atoms with Crippen molar-refractivity contribution in [3.8, 4) is 0 Å². The molecule has 0 aromatic carbocycles. The summed E-state index contributed by atoms with van der Waals surface area (Å²) in [4.78, 5) is 13.3. The molecule has 0 bridgehead atoms. The van der Waals surface area contributed by atoms with Crippen LogP contribution in [-0.4, -0.2) is 42.7 Å². The smallest absolute Gasteiger partial charge is 0.311 e. The molecule has 2 aliphatic rings. The molecule has 4 nitrogen and oxygen atoms in total. The van der Waals surface area contributed by atoms with Gasteiger partial charge in [0.05, 0.1) is 5.41 Å². The van der Waals surface area contributed by atoms with E-state index in [9.17, 15) is 4.79 Å². The maximum Gasteiger partial charge on any atom is 0.311 e. The molecule has 3 N–H and O–H groups in total. The molecular weight excluding hydrogens is 168 g/mol. The number of likely N-dealkylation sites (tertiary alicyclic amines) is 1. The van der Waals surface area contributed by atoms with Gasteiger partial charge in [-0.3, -0.25) is 4.79 Å². The summed E-state index contributed by atoms with van der Waals surface area (Å²) in [6.07, 6.45) is 1.77. The third-order valence-electron chi connectivity index (χ3n) is 3.83. The van der Waals surface area contributed by atoms with Gasteiger partial charge in [-0.1, -0.05) is 0 Å². The van der Waals surface area contributed by atoms with Crippen molar-refractivity contribution >= 4 is 5.97 Å². The first-order chi connectivity index (χ1) is 6.06. The second-order valence-electron chi connectivity index (χ2n) is 4.54. The zero-order valence-electron chi connectivity index (χ0n) is 7.92. The summed E-state index contributed by atoms with van der Waals surface area (Å²) >= 11 is 0. The van der Waals surface area contributed by atoms with E-state index in [1.54, 1.807) is 0 Å². The molecule has 1 heterocycles. The summed E-state index contributed by atoms with van der Waals surface area (Å²) in [5.41, 5.74) is 4.97. The van der Waals surface area contributed by atoms with Crippen LogP contribution in [-0.2, 0) is 4.79 Å². The third-order valence-corrected chi connectivity index (χ3v) is 3.83. The predicted octanol–water partition coefficient (Wildman–Crippen LogP) is -0.258. The van der Waals surface area contributed by atoms with Crippen LogP contribution >= 0.6 is 0 Å². The van der Waals surface area contributed by atoms with Crippen LogP contribution in [0.4, 0.5) is 0 Å². The minimum Gasteiger partial charge on any atom is -0.481 e. The van der Waals surface area contributed by atoms with E-state index in [-0.39, 0.29) is 12.0 Å². The molecule has 1 aliphatic heterocycles. The Morgan fingerprint density at radius 2 is 2.38 bits per heavy atom. The van der Waals surface area contributed by atoms with Crippen LogP contribution in [0.1, 0.15) is 12.8 Å². The van der Waals surface area contributed by atoms with Gasteiger partial charge in [-0.15, -0.1) is 0 Å². The molecule has 1 saturated carbocycles. The fraction of sp³-hybridized carbons (Fsp3) is 0.889. The lowest BCUT2D eigenvalue weighted by Crippen LogP contribution is -2.32. The van der Waals surface area contributed by atoms with Gasteiger partial charge < -0.3 is 15.7 Å². The first kappa shape index (κ1) is 8.97. The molecule has 4 heteroatoms. The van der Waals surface area contributed by atoms with Crippen molar-refractivity contribution in [3.05, 3.63) is 0 Å². The van der Waals surface area contributed by atoms with E-state index in [0.717, 1.165) is 25.9 Å². The number of rotatable bonds is 2. The van der Waals surface area contributed by atoms with Gasteiger partial charge in [0.25, 0.3) is 0 Å². The van der Waals surface area contributed by atoms with Crippen LogP contribution in [0.5, 0.6) is 0 Å². The van der Waals surface area contributed by atoms with Gasteiger partial charge in [0.1, 0.15) is 0 Å². The highest BCUT2D eigenvalue weighted by atomic mass is 16.4. The highest BCUT2D eigenvalue weighted by Crippen LogP contribution is 2.67. The number of carboxylic acids is 1. The second-order valence-corrected chi connectivity index (χ2v) is 4.54. The summed E-state index contributed by atoms with van der Waals surface area (Å²) in [6, 6.07) is 0. The van der Waals surface area contributed by atoms with E-state index in [0.29, 0.717) is 0 Å². The molecule has 0 amide bonds. The number of hydrogen-bond donors (Lipinski definition) is 2. The Morgan fingerprint density at radius 3 is 2.69 bits per heavy atom. The maximum atomic E-state index is 11.1. The van der Waals surface area contributed by atoms with E-state index in [1.807, 2.05) is 7.05 Å². The average molecular weight is 184 g/mol. The normalized spacial score (nSPS) is 44.2. The highest BCUT2D eigenvalue weighted by Gasteiger charge is 2.72. The summed E-state index contributed by atoms with van der Waals surface area (Å²) in [7, 11) is 2.04. The lowest BCUT2D eigenvalue weighted by molar-refractivity contribution is -0.144. The Balaban J connectivity index is 2.18. The van der Waals surface area contributed by atoms with E-state index in [2.05, 4.69) is 4.90 Å². The van der Waals surface area contributed by atoms with Crippen LogP contribution in [0, 0.1) is 10.8 Å². The summed E-state index contributed by atoms with van der Waals surface area (Å²) in [5, 5.41) is 9.12. The monoisotopic (exact) mass is 184 g/mol. The largest absolute Gasteiger partial charge is 0.481 e. The standard InChI is InChI=1S/C9H16N2O2/c1-11-3-2-8(6-11)4-9(8,5-10)7(12)13/h2-6,10H2,1H3,(H,12,13). The summed E-state index contributed by atoms with van der Waals surface area (Å²) in [5.74, 6) is -0.703. The third kappa shape index (κ3) is 0.957. The van der Waals surface area contributed by atoms with E-state index < -0.39 is 11.4 Å². The fourth-order valence-electron chi connectivity index (χ4n) is 2.83. The van der Waals surface area contributed by atoms with Gasteiger partial charge in [-0.2, -0.15) is 0 Å². The Labute approximate surface area is 77.7 Å². The van der Waals surface area contributed by atoms with Crippen LogP contribution in [0.15, 0.2) is 0 Å². The average Bonchev–Trinajstić information content (AvgIpc) is 2.56. The van der Waals surface area contributed by atoms with Gasteiger partial charge in [-0.05, 0) is 26.4 Å². The van der Waals surface area contributed by atoms with Crippen molar-refractivity contribution in [1.29, 1.82) is 0 Å². The van der Waals surface area contributed by atoms with Crippen molar-refractivity contribution < 1.29 is 9.90 Å². The molecule has 0 aromatic heterocycles. The first-order valence-corrected chi connectivity index (χ1v) is 4.68. The molecule has 1 saturated heterocycles. The Morgan fingerprint density at radius 1 is 1.69 bits per heavy atom. The number of carboxylic acid groups (broad SMARTS) is 1. The van der Waals surface area contributed by atoms with Crippen molar-refractivity contribution in [2.75, 3.05) is 26.7 Å². The highest BCUT2D eigenvalue weighted by molar-refractivity contribution is 5.80. The molecule has 0 radical (unpaired) electrons. The van der Waals surface area contributed by atoms with Gasteiger partial charge in [0.15, 0.2) is 0 Å². The van der Waals surface area contributed by atoms with Crippen LogP contribution in [0.25, 0.3) is 0 Å². The number of nitrogens with two attached hydrogens (primary N) is 1. The molecule has 2 atom stereocenters. The number of carbonyl (C=O) groups is 1. The zero-order chi connectivity index (χ0) is 9.69. The molecule has 2 unspecified atom stereocenters. The molecule has 1 aliphatic carbocycles. The quantitative estimate of drug-likeness (QED) is 0.620. The van der Waals surface area contributed by atoms with Crippen LogP contribution in [0.2, 0.25) is 0 Å². The molecule has 74 valence electrons. The van der Waals surface area contributed by atoms with E-state index >= 15 is 0 Å². The minimum atomic E-state index is -0.703. The molecule has 2 fully saturated rings. The Bertz CT molecular complexity index is 256. The predicted molar refractivity (Wildman–Crippen MR) is 48.3 cm³/mol. The summed E-state index contributed by atoms with van der Waals surface area (Å²) in [6.45, 7) is 2.20. The van der Waals surface area contributed by atoms with Gasteiger partial charge in [0, 0.05) is 18.5 Å². The van der Waals surface area contributed by atoms with Crippen molar-refractivity contribution in [1.82, 2.24) is 4.90 Å². The zero-order valence-corrected chi connectivity index (χ0v) is 7.92. The molecule has 2 rings (SSSR count). The van der Waals surface area contributed by atoms with E-state index in [1.165, 1.54) is 0 Å². The lowest BCUT2D eigenvalue weighted by Gasteiger charge is -2.16. The molecule has 1 spiro atoms. The van der Waals surface area contributed by atoms with Crippen molar-refractivity contribution in [2.24, 2.45) is 16.6 Å². The van der Waals surface area contributed by atoms with Gasteiger partial charge >= 0.3 is 5.97 Å². The maximum absolute atomic E-state index is 11.1. The number of aliphatic carboxylic acids is 1.